The Hall–Kier alpha value is -0.460. The number of hydrogen-bond donors (Lipinski definition) is 0. The molecule has 1 heteroatoms. The summed E-state index contributed by atoms with van der Waals surface area (Å²) in [6.45, 7) is 9.23. The highest BCUT2D eigenvalue weighted by atomic mass is 15.1. The molecule has 0 radical (unpaired) electrons. The van der Waals surface area contributed by atoms with E-state index in [1.807, 2.05) is 26.8 Å². The van der Waals surface area contributed by atoms with Gasteiger partial charge in [-0.1, -0.05) is 19.9 Å². The van der Waals surface area contributed by atoms with Crippen molar-refractivity contribution in [1.29, 1.82) is 0 Å². The zero-order valence-corrected chi connectivity index (χ0v) is 7.31. The molecular weight excluding hydrogens is 110 g/mol. The van der Waals surface area contributed by atoms with Gasteiger partial charge in [-0.15, -0.1) is 0 Å². The quantitative estimate of drug-likeness (QED) is 0.553. The van der Waals surface area contributed by atoms with Gasteiger partial charge in [0.15, 0.2) is 0 Å². The summed E-state index contributed by atoms with van der Waals surface area (Å²) in [5.74, 6) is 0. The largest absolute Gasteiger partial charge is 0.381 e. The number of rotatable bonds is 2. The molecule has 0 saturated heterocycles. The average Bonchev–Trinajstić information content (AvgIpc) is 1.93. The van der Waals surface area contributed by atoms with Crippen molar-refractivity contribution in [3.63, 3.8) is 0 Å². The summed E-state index contributed by atoms with van der Waals surface area (Å²) in [6.07, 6.45) is 4.09. The summed E-state index contributed by atoms with van der Waals surface area (Å²) in [4.78, 5) is 2.12. The lowest BCUT2D eigenvalue weighted by molar-refractivity contribution is 0.483. The van der Waals surface area contributed by atoms with E-state index in [-0.39, 0.29) is 0 Å². The molecule has 0 N–H and O–H groups in total. The predicted octanol–water partition coefficient (Wildman–Crippen LogP) is 2.50. The van der Waals surface area contributed by atoms with Crippen molar-refractivity contribution < 1.29 is 0 Å². The maximum absolute atomic E-state index is 2.12. The van der Waals surface area contributed by atoms with Crippen LogP contribution in [0.3, 0.4) is 0 Å². The molecule has 0 aliphatic carbocycles. The second-order valence-electron chi connectivity index (χ2n) is 1.56. The van der Waals surface area contributed by atoms with E-state index in [1.165, 1.54) is 0 Å². The first-order chi connectivity index (χ1) is 4.31. The van der Waals surface area contributed by atoms with Crippen molar-refractivity contribution in [2.75, 3.05) is 13.6 Å². The topological polar surface area (TPSA) is 3.24 Å². The molecule has 0 unspecified atom stereocenters. The van der Waals surface area contributed by atoms with E-state index in [0.29, 0.717) is 0 Å². The van der Waals surface area contributed by atoms with Crippen LogP contribution < -0.4 is 0 Å². The molecule has 0 saturated carbocycles. The Labute approximate surface area is 59.4 Å². The van der Waals surface area contributed by atoms with Crippen molar-refractivity contribution in [2.45, 2.75) is 27.7 Å². The van der Waals surface area contributed by atoms with Crippen molar-refractivity contribution in [3.05, 3.63) is 12.3 Å². The van der Waals surface area contributed by atoms with E-state index in [1.54, 1.807) is 0 Å². The monoisotopic (exact) mass is 129 g/mol. The van der Waals surface area contributed by atoms with Crippen LogP contribution in [0.1, 0.15) is 27.7 Å². The first kappa shape index (κ1) is 11.4. The standard InChI is InChI=1S/C6H13N.C2H6/c1-4-6-7(3)5-2;1-2/h4,6H,5H2,1-3H3;1-2H3/b6-4-;. The second-order valence-corrected chi connectivity index (χ2v) is 1.56. The van der Waals surface area contributed by atoms with Gasteiger partial charge in [-0.25, -0.2) is 0 Å². The first-order valence-corrected chi connectivity index (χ1v) is 3.64. The third-order valence-corrected chi connectivity index (χ3v) is 0.902. The van der Waals surface area contributed by atoms with Gasteiger partial charge in [0.2, 0.25) is 0 Å². The van der Waals surface area contributed by atoms with Gasteiger partial charge >= 0.3 is 0 Å². The Morgan fingerprint density at radius 2 is 1.78 bits per heavy atom. The number of hydrogen-bond acceptors (Lipinski definition) is 1. The third-order valence-electron chi connectivity index (χ3n) is 0.902. The van der Waals surface area contributed by atoms with E-state index in [4.69, 9.17) is 0 Å². The van der Waals surface area contributed by atoms with Gasteiger partial charge in [0, 0.05) is 13.6 Å². The summed E-state index contributed by atoms with van der Waals surface area (Å²) < 4.78 is 0. The molecule has 0 bridgehead atoms. The fourth-order valence-electron chi connectivity index (χ4n) is 0.360. The SMILES string of the molecule is C/C=C\N(C)CC.CC. The molecule has 0 spiro atoms. The molecule has 9 heavy (non-hydrogen) atoms. The van der Waals surface area contributed by atoms with Gasteiger partial charge in [-0.05, 0) is 20.0 Å². The molecule has 0 atom stereocenters. The minimum atomic E-state index is 1.09. The van der Waals surface area contributed by atoms with Crippen LogP contribution in [0.25, 0.3) is 0 Å². The smallest absolute Gasteiger partial charge is 0.0140 e. The summed E-state index contributed by atoms with van der Waals surface area (Å²) in [6, 6.07) is 0. The van der Waals surface area contributed by atoms with E-state index in [2.05, 4.69) is 25.1 Å². The summed E-state index contributed by atoms with van der Waals surface area (Å²) in [7, 11) is 2.06. The minimum Gasteiger partial charge on any atom is -0.381 e. The predicted molar refractivity (Wildman–Crippen MR) is 44.5 cm³/mol. The molecule has 0 amide bonds. The number of allylic oxidation sites excluding steroid dienone is 1. The average molecular weight is 129 g/mol. The fourth-order valence-corrected chi connectivity index (χ4v) is 0.360. The van der Waals surface area contributed by atoms with Crippen LogP contribution in [0.15, 0.2) is 12.3 Å². The van der Waals surface area contributed by atoms with E-state index >= 15 is 0 Å². The van der Waals surface area contributed by atoms with Gasteiger partial charge in [-0.2, -0.15) is 0 Å². The van der Waals surface area contributed by atoms with E-state index < -0.39 is 0 Å². The van der Waals surface area contributed by atoms with Gasteiger partial charge in [0.05, 0.1) is 0 Å². The normalized spacial score (nSPS) is 8.56. The molecule has 0 aliphatic heterocycles. The highest BCUT2D eigenvalue weighted by Crippen LogP contribution is 1.79. The fraction of sp³-hybridized carbons (Fsp3) is 0.750. The zero-order chi connectivity index (χ0) is 7.70. The Bertz CT molecular complexity index is 57.6. The summed E-state index contributed by atoms with van der Waals surface area (Å²) in [5, 5.41) is 0. The molecule has 0 aliphatic rings. The lowest BCUT2D eigenvalue weighted by Crippen LogP contribution is -2.07. The Morgan fingerprint density at radius 3 is 1.89 bits per heavy atom. The molecule has 0 rings (SSSR count). The van der Waals surface area contributed by atoms with Crippen LogP contribution in [-0.2, 0) is 0 Å². The Balaban J connectivity index is 0. The molecule has 0 aromatic rings. The first-order valence-electron chi connectivity index (χ1n) is 3.64. The molecule has 0 heterocycles. The van der Waals surface area contributed by atoms with Crippen LogP contribution in [0.5, 0.6) is 0 Å². The minimum absolute atomic E-state index is 1.09. The Morgan fingerprint density at radius 1 is 1.33 bits per heavy atom. The highest BCUT2D eigenvalue weighted by molar-refractivity contribution is 4.74. The molecular formula is C8H19N. The van der Waals surface area contributed by atoms with E-state index in [0.717, 1.165) is 6.54 Å². The number of nitrogens with zero attached hydrogens (tertiary/aromatic N) is 1. The molecule has 0 aromatic carbocycles. The van der Waals surface area contributed by atoms with Gasteiger partial charge in [-0.3, -0.25) is 0 Å². The van der Waals surface area contributed by atoms with Crippen molar-refractivity contribution in [3.8, 4) is 0 Å². The van der Waals surface area contributed by atoms with Crippen molar-refractivity contribution >= 4 is 0 Å². The van der Waals surface area contributed by atoms with Gasteiger partial charge in [0.1, 0.15) is 0 Å². The van der Waals surface area contributed by atoms with Crippen LogP contribution in [0.2, 0.25) is 0 Å². The molecule has 1 nitrogen and oxygen atoms in total. The van der Waals surface area contributed by atoms with Crippen LogP contribution >= 0.6 is 0 Å². The molecule has 0 fully saturated rings. The van der Waals surface area contributed by atoms with Gasteiger partial charge < -0.3 is 4.90 Å². The van der Waals surface area contributed by atoms with Crippen LogP contribution in [-0.4, -0.2) is 18.5 Å². The molecule has 0 aromatic heterocycles. The third kappa shape index (κ3) is 11.2. The molecule has 56 valence electrons. The highest BCUT2D eigenvalue weighted by Gasteiger charge is 1.76. The summed E-state index contributed by atoms with van der Waals surface area (Å²) in [5.41, 5.74) is 0. The zero-order valence-electron chi connectivity index (χ0n) is 7.31. The van der Waals surface area contributed by atoms with Gasteiger partial charge in [0.25, 0.3) is 0 Å². The lowest BCUT2D eigenvalue weighted by atomic mass is 10.6. The lowest BCUT2D eigenvalue weighted by Gasteiger charge is -2.07. The van der Waals surface area contributed by atoms with Crippen molar-refractivity contribution in [1.82, 2.24) is 4.90 Å². The maximum atomic E-state index is 2.12. The van der Waals surface area contributed by atoms with Crippen LogP contribution in [0.4, 0.5) is 0 Å². The Kier molecular flexibility index (Phi) is 13.3. The summed E-state index contributed by atoms with van der Waals surface area (Å²) >= 11 is 0. The maximum Gasteiger partial charge on any atom is 0.0140 e. The van der Waals surface area contributed by atoms with E-state index in [9.17, 15) is 0 Å². The second kappa shape index (κ2) is 10.5. The van der Waals surface area contributed by atoms with Crippen molar-refractivity contribution in [2.24, 2.45) is 0 Å². The van der Waals surface area contributed by atoms with Crippen LogP contribution in [0, 0.1) is 0 Å².